The van der Waals surface area contributed by atoms with E-state index in [0.717, 1.165) is 31.2 Å². The van der Waals surface area contributed by atoms with Gasteiger partial charge in [0, 0.05) is 6.04 Å². The molecule has 1 aliphatic carbocycles. The maximum atomic E-state index is 12.2. The molecule has 1 aliphatic rings. The lowest BCUT2D eigenvalue weighted by molar-refractivity contribution is 0.0697. The first kappa shape index (κ1) is 13.9. The number of benzene rings is 1. The standard InChI is InChI=1S/C16H20N2O3/c1-16(2)7-5-11(6-8-16)18-13-4-3-10(14(19)20)9-12(13)17-15(18)21/h3-4,9,11H,5-8H2,1-2H3,(H,17,21)(H,19,20). The highest BCUT2D eigenvalue weighted by atomic mass is 16.4. The fourth-order valence-electron chi connectivity index (χ4n) is 3.27. The smallest absolute Gasteiger partial charge is 0.335 e. The molecule has 112 valence electrons. The summed E-state index contributed by atoms with van der Waals surface area (Å²) in [6.45, 7) is 4.53. The van der Waals surface area contributed by atoms with E-state index in [4.69, 9.17) is 5.11 Å². The van der Waals surface area contributed by atoms with Gasteiger partial charge in [-0.3, -0.25) is 4.57 Å². The van der Waals surface area contributed by atoms with Crippen LogP contribution in [0.25, 0.3) is 11.0 Å². The van der Waals surface area contributed by atoms with E-state index < -0.39 is 5.97 Å². The maximum Gasteiger partial charge on any atom is 0.335 e. The lowest BCUT2D eigenvalue weighted by atomic mass is 9.75. The summed E-state index contributed by atoms with van der Waals surface area (Å²) >= 11 is 0. The molecule has 2 N–H and O–H groups in total. The maximum absolute atomic E-state index is 12.2. The molecule has 5 heteroatoms. The van der Waals surface area contributed by atoms with Crippen molar-refractivity contribution < 1.29 is 9.90 Å². The minimum absolute atomic E-state index is 0.141. The number of fused-ring (bicyclic) bond motifs is 1. The molecule has 21 heavy (non-hydrogen) atoms. The van der Waals surface area contributed by atoms with E-state index >= 15 is 0 Å². The molecule has 2 aromatic rings. The third kappa shape index (κ3) is 2.48. The zero-order valence-corrected chi connectivity index (χ0v) is 12.3. The molecule has 0 unspecified atom stereocenters. The Morgan fingerprint density at radius 1 is 1.33 bits per heavy atom. The van der Waals surface area contributed by atoms with Crippen molar-refractivity contribution in [2.75, 3.05) is 0 Å². The molecule has 0 spiro atoms. The van der Waals surface area contributed by atoms with Crippen LogP contribution in [0.2, 0.25) is 0 Å². The number of aromatic nitrogens is 2. The highest BCUT2D eigenvalue weighted by Gasteiger charge is 2.29. The fraction of sp³-hybridized carbons (Fsp3) is 0.500. The number of hydrogen-bond acceptors (Lipinski definition) is 2. The van der Waals surface area contributed by atoms with Gasteiger partial charge in [-0.25, -0.2) is 9.59 Å². The lowest BCUT2D eigenvalue weighted by Gasteiger charge is -2.34. The third-order valence-electron chi connectivity index (χ3n) is 4.64. The van der Waals surface area contributed by atoms with E-state index in [1.807, 2.05) is 0 Å². The molecule has 1 aromatic heterocycles. The van der Waals surface area contributed by atoms with Crippen molar-refractivity contribution in [2.45, 2.75) is 45.6 Å². The average molecular weight is 288 g/mol. The van der Waals surface area contributed by atoms with Gasteiger partial charge >= 0.3 is 11.7 Å². The molecule has 1 heterocycles. The van der Waals surface area contributed by atoms with Gasteiger partial charge in [-0.2, -0.15) is 0 Å². The number of imidazole rings is 1. The summed E-state index contributed by atoms with van der Waals surface area (Å²) in [7, 11) is 0. The predicted molar refractivity (Wildman–Crippen MR) is 80.8 cm³/mol. The topological polar surface area (TPSA) is 75.1 Å². The number of carboxylic acids is 1. The van der Waals surface area contributed by atoms with Gasteiger partial charge < -0.3 is 10.1 Å². The summed E-state index contributed by atoms with van der Waals surface area (Å²) in [5.41, 5.74) is 1.81. The summed E-state index contributed by atoms with van der Waals surface area (Å²) in [6.07, 6.45) is 4.18. The van der Waals surface area contributed by atoms with Crippen LogP contribution in [0.1, 0.15) is 55.9 Å². The Balaban J connectivity index is 2.01. The van der Waals surface area contributed by atoms with Crippen LogP contribution in [0, 0.1) is 5.41 Å². The normalized spacial score (nSPS) is 19.0. The highest BCUT2D eigenvalue weighted by molar-refractivity contribution is 5.92. The fourth-order valence-corrected chi connectivity index (χ4v) is 3.27. The molecule has 1 aromatic carbocycles. The van der Waals surface area contributed by atoms with Gasteiger partial charge in [0.15, 0.2) is 0 Å². The summed E-state index contributed by atoms with van der Waals surface area (Å²) in [6, 6.07) is 5.02. The monoisotopic (exact) mass is 288 g/mol. The molecule has 0 saturated heterocycles. The van der Waals surface area contributed by atoms with Crippen molar-refractivity contribution in [3.63, 3.8) is 0 Å². The van der Waals surface area contributed by atoms with Gasteiger partial charge in [0.2, 0.25) is 0 Å². The zero-order valence-electron chi connectivity index (χ0n) is 12.3. The van der Waals surface area contributed by atoms with Gasteiger partial charge in [0.25, 0.3) is 0 Å². The second kappa shape index (κ2) is 4.76. The molecule has 0 bridgehead atoms. The van der Waals surface area contributed by atoms with Crippen molar-refractivity contribution >= 4 is 17.0 Å². The first-order valence-electron chi connectivity index (χ1n) is 7.35. The SMILES string of the molecule is CC1(C)CCC(n2c(=O)[nH]c3cc(C(=O)O)ccc32)CC1. The predicted octanol–water partition coefficient (Wildman–Crippen LogP) is 3.17. The zero-order chi connectivity index (χ0) is 15.2. The second-order valence-electron chi connectivity index (χ2n) is 6.73. The Bertz CT molecular complexity index is 744. The molecule has 0 amide bonds. The van der Waals surface area contributed by atoms with Crippen molar-refractivity contribution in [2.24, 2.45) is 5.41 Å². The van der Waals surface area contributed by atoms with Crippen molar-refractivity contribution in [3.8, 4) is 0 Å². The van der Waals surface area contributed by atoms with Crippen LogP contribution in [0.15, 0.2) is 23.0 Å². The van der Waals surface area contributed by atoms with E-state index in [1.165, 1.54) is 6.07 Å². The second-order valence-corrected chi connectivity index (χ2v) is 6.73. The highest BCUT2D eigenvalue weighted by Crippen LogP contribution is 2.40. The Kier molecular flexibility index (Phi) is 3.15. The summed E-state index contributed by atoms with van der Waals surface area (Å²) in [4.78, 5) is 26.0. The van der Waals surface area contributed by atoms with Crippen molar-refractivity contribution in [3.05, 3.63) is 34.2 Å². The summed E-state index contributed by atoms with van der Waals surface area (Å²) in [5, 5.41) is 9.03. The van der Waals surface area contributed by atoms with Crippen LogP contribution < -0.4 is 5.69 Å². The van der Waals surface area contributed by atoms with Gasteiger partial charge in [-0.1, -0.05) is 13.8 Å². The molecule has 0 radical (unpaired) electrons. The third-order valence-corrected chi connectivity index (χ3v) is 4.64. The average Bonchev–Trinajstić information content (AvgIpc) is 2.74. The molecular formula is C16H20N2O3. The first-order chi connectivity index (χ1) is 9.87. The number of aromatic amines is 1. The van der Waals surface area contributed by atoms with Gasteiger partial charge in [0.1, 0.15) is 0 Å². The number of carboxylic acid groups (broad SMARTS) is 1. The van der Waals surface area contributed by atoms with E-state index in [1.54, 1.807) is 16.7 Å². The van der Waals surface area contributed by atoms with Crippen LogP contribution in [0.5, 0.6) is 0 Å². The molecular weight excluding hydrogens is 268 g/mol. The number of rotatable bonds is 2. The van der Waals surface area contributed by atoms with Crippen LogP contribution >= 0.6 is 0 Å². The number of aromatic carboxylic acids is 1. The Labute approximate surface area is 122 Å². The largest absolute Gasteiger partial charge is 0.478 e. The van der Waals surface area contributed by atoms with Crippen molar-refractivity contribution in [1.82, 2.24) is 9.55 Å². The minimum atomic E-state index is -0.982. The molecule has 0 aliphatic heterocycles. The number of nitrogens with zero attached hydrogens (tertiary/aromatic N) is 1. The number of carbonyl (C=O) groups is 1. The van der Waals surface area contributed by atoms with Crippen LogP contribution in [-0.2, 0) is 0 Å². The Hall–Kier alpha value is -2.04. The Morgan fingerprint density at radius 2 is 2.00 bits per heavy atom. The van der Waals surface area contributed by atoms with E-state index in [-0.39, 0.29) is 17.3 Å². The number of H-pyrrole nitrogens is 1. The van der Waals surface area contributed by atoms with Crippen LogP contribution in [-0.4, -0.2) is 20.6 Å². The van der Waals surface area contributed by atoms with Gasteiger partial charge in [-0.15, -0.1) is 0 Å². The van der Waals surface area contributed by atoms with E-state index in [9.17, 15) is 9.59 Å². The molecule has 1 saturated carbocycles. The van der Waals surface area contributed by atoms with Gasteiger partial charge in [-0.05, 0) is 49.3 Å². The lowest BCUT2D eigenvalue weighted by Crippen LogP contribution is -2.28. The molecule has 0 atom stereocenters. The molecule has 3 rings (SSSR count). The number of hydrogen-bond donors (Lipinski definition) is 2. The summed E-state index contributed by atoms with van der Waals surface area (Å²) in [5.74, 6) is -0.982. The minimum Gasteiger partial charge on any atom is -0.478 e. The van der Waals surface area contributed by atoms with Crippen LogP contribution in [0.3, 0.4) is 0 Å². The van der Waals surface area contributed by atoms with Crippen molar-refractivity contribution in [1.29, 1.82) is 0 Å². The van der Waals surface area contributed by atoms with Gasteiger partial charge in [0.05, 0.1) is 16.6 Å². The molecule has 5 nitrogen and oxygen atoms in total. The quantitative estimate of drug-likeness (QED) is 0.891. The molecule has 1 fully saturated rings. The van der Waals surface area contributed by atoms with E-state index in [2.05, 4.69) is 18.8 Å². The summed E-state index contributed by atoms with van der Waals surface area (Å²) < 4.78 is 1.80. The number of nitrogens with one attached hydrogen (secondary N) is 1. The van der Waals surface area contributed by atoms with Crippen LogP contribution in [0.4, 0.5) is 0 Å². The first-order valence-corrected chi connectivity index (χ1v) is 7.35. The Morgan fingerprint density at radius 3 is 2.62 bits per heavy atom. The van der Waals surface area contributed by atoms with E-state index in [0.29, 0.717) is 10.9 Å².